The molecule has 0 saturated carbocycles. The molecule has 2 aromatic rings. The van der Waals surface area contributed by atoms with Crippen LogP contribution >= 0.6 is 63.7 Å². The molecule has 0 saturated heterocycles. The summed E-state index contributed by atoms with van der Waals surface area (Å²) >= 11 is 14.3. The van der Waals surface area contributed by atoms with Gasteiger partial charge in [-0.3, -0.25) is 0 Å². The van der Waals surface area contributed by atoms with Crippen molar-refractivity contribution in [3.63, 3.8) is 0 Å². The molecular weight excluding hydrogens is 592 g/mol. The molecule has 0 aromatic heterocycles. The highest BCUT2D eigenvalue weighted by Gasteiger charge is 2.27. The standard InChI is InChI=1S/C20H18Br4O2/c1-10(2)19(25)26-18-16(23)8-13(9-17(18)24)20(4,5)12-6-14(21)11(3)15(22)7-12/h6-9H,1H2,2-5H3. The molecule has 0 N–H and O–H groups in total. The Morgan fingerprint density at radius 1 is 0.923 bits per heavy atom. The Kier molecular flexibility index (Phi) is 6.97. The van der Waals surface area contributed by atoms with Gasteiger partial charge in [0.1, 0.15) is 0 Å². The van der Waals surface area contributed by atoms with Gasteiger partial charge >= 0.3 is 5.97 Å². The molecule has 0 fully saturated rings. The summed E-state index contributed by atoms with van der Waals surface area (Å²) in [4.78, 5) is 11.9. The molecule has 0 amide bonds. The van der Waals surface area contributed by atoms with E-state index in [1.807, 2.05) is 12.1 Å². The fraction of sp³-hybridized carbons (Fsp3) is 0.250. The monoisotopic (exact) mass is 606 g/mol. The van der Waals surface area contributed by atoms with Crippen LogP contribution in [-0.4, -0.2) is 5.97 Å². The summed E-state index contributed by atoms with van der Waals surface area (Å²) in [5, 5.41) is 0. The Labute approximate surface area is 187 Å². The second-order valence-corrected chi connectivity index (χ2v) is 10.0. The van der Waals surface area contributed by atoms with Crippen LogP contribution in [0.3, 0.4) is 0 Å². The highest BCUT2D eigenvalue weighted by molar-refractivity contribution is 9.11. The summed E-state index contributed by atoms with van der Waals surface area (Å²) in [5.74, 6) is -0.00590. The van der Waals surface area contributed by atoms with E-state index in [4.69, 9.17) is 4.74 Å². The van der Waals surface area contributed by atoms with Crippen molar-refractivity contribution in [2.45, 2.75) is 33.1 Å². The molecule has 0 aliphatic rings. The maximum atomic E-state index is 11.9. The maximum Gasteiger partial charge on any atom is 0.338 e. The van der Waals surface area contributed by atoms with Crippen LogP contribution in [0.15, 0.2) is 54.3 Å². The quantitative estimate of drug-likeness (QED) is 0.200. The Balaban J connectivity index is 2.51. The zero-order valence-corrected chi connectivity index (χ0v) is 21.2. The first-order chi connectivity index (χ1) is 11.9. The highest BCUT2D eigenvalue weighted by Crippen LogP contribution is 2.42. The number of hydrogen-bond acceptors (Lipinski definition) is 2. The molecule has 0 atom stereocenters. The lowest BCUT2D eigenvalue weighted by Crippen LogP contribution is -2.20. The fourth-order valence-corrected chi connectivity index (χ4v) is 4.91. The molecule has 138 valence electrons. The molecule has 0 heterocycles. The van der Waals surface area contributed by atoms with Gasteiger partial charge in [-0.1, -0.05) is 52.3 Å². The smallest absolute Gasteiger partial charge is 0.338 e. The molecule has 0 aliphatic heterocycles. The van der Waals surface area contributed by atoms with E-state index < -0.39 is 5.97 Å². The van der Waals surface area contributed by atoms with Gasteiger partial charge in [0.2, 0.25) is 0 Å². The van der Waals surface area contributed by atoms with Gasteiger partial charge in [-0.05, 0) is 86.7 Å². The summed E-state index contributed by atoms with van der Waals surface area (Å²) in [7, 11) is 0. The number of esters is 1. The average molecular weight is 610 g/mol. The maximum absolute atomic E-state index is 11.9. The SMILES string of the molecule is C=C(C)C(=O)Oc1c(Br)cc(C(C)(C)c2cc(Br)c(C)c(Br)c2)cc1Br. The summed E-state index contributed by atoms with van der Waals surface area (Å²) in [5.41, 5.74) is 3.48. The lowest BCUT2D eigenvalue weighted by molar-refractivity contribution is -0.130. The number of rotatable bonds is 4. The van der Waals surface area contributed by atoms with E-state index in [2.05, 4.69) is 103 Å². The summed E-state index contributed by atoms with van der Waals surface area (Å²) in [6, 6.07) is 8.23. The molecule has 6 heteroatoms. The van der Waals surface area contributed by atoms with E-state index in [9.17, 15) is 4.79 Å². The lowest BCUT2D eigenvalue weighted by Gasteiger charge is -2.28. The Bertz CT molecular complexity index is 855. The summed E-state index contributed by atoms with van der Waals surface area (Å²) in [6.07, 6.45) is 0. The number of carbonyl (C=O) groups is 1. The molecule has 26 heavy (non-hydrogen) atoms. The molecular formula is C20H18Br4O2. The minimum atomic E-state index is -0.454. The normalized spacial score (nSPS) is 11.4. The van der Waals surface area contributed by atoms with Crippen LogP contribution < -0.4 is 4.74 Å². The van der Waals surface area contributed by atoms with Crippen molar-refractivity contribution < 1.29 is 9.53 Å². The van der Waals surface area contributed by atoms with Crippen LogP contribution in [0.2, 0.25) is 0 Å². The zero-order chi connectivity index (χ0) is 19.8. The van der Waals surface area contributed by atoms with Crippen LogP contribution in [-0.2, 0) is 10.2 Å². The predicted octanol–water partition coefficient (Wildman–Crippen LogP) is 7.85. The Morgan fingerprint density at radius 3 is 1.69 bits per heavy atom. The molecule has 0 aliphatic carbocycles. The van der Waals surface area contributed by atoms with Crippen LogP contribution in [0.1, 0.15) is 37.5 Å². The first-order valence-corrected chi connectivity index (χ1v) is 11.0. The van der Waals surface area contributed by atoms with Gasteiger partial charge in [-0.2, -0.15) is 0 Å². The number of benzene rings is 2. The van der Waals surface area contributed by atoms with Crippen LogP contribution in [0.5, 0.6) is 5.75 Å². The molecule has 2 nitrogen and oxygen atoms in total. The molecule has 2 aromatic carbocycles. The molecule has 0 unspecified atom stereocenters. The van der Waals surface area contributed by atoms with Gasteiger partial charge in [0, 0.05) is 19.9 Å². The third kappa shape index (κ3) is 4.51. The van der Waals surface area contributed by atoms with Crippen molar-refractivity contribution in [2.24, 2.45) is 0 Å². The van der Waals surface area contributed by atoms with Crippen LogP contribution in [0.25, 0.3) is 0 Å². The predicted molar refractivity (Wildman–Crippen MR) is 121 cm³/mol. The Morgan fingerprint density at radius 2 is 1.31 bits per heavy atom. The van der Waals surface area contributed by atoms with E-state index >= 15 is 0 Å². The number of halogens is 4. The highest BCUT2D eigenvalue weighted by atomic mass is 79.9. The summed E-state index contributed by atoms with van der Waals surface area (Å²) in [6.45, 7) is 11.6. The second kappa shape index (κ2) is 8.29. The first kappa shape index (κ1) is 21.9. The average Bonchev–Trinajstić information content (AvgIpc) is 2.54. The first-order valence-electron chi connectivity index (χ1n) is 7.78. The molecule has 0 radical (unpaired) electrons. The number of carbonyl (C=O) groups excluding carboxylic acids is 1. The van der Waals surface area contributed by atoms with Gasteiger partial charge in [0.25, 0.3) is 0 Å². The fourth-order valence-electron chi connectivity index (χ4n) is 2.37. The molecule has 0 bridgehead atoms. The largest absolute Gasteiger partial charge is 0.421 e. The van der Waals surface area contributed by atoms with Gasteiger partial charge in [-0.25, -0.2) is 4.79 Å². The van der Waals surface area contributed by atoms with Gasteiger partial charge in [0.05, 0.1) is 8.95 Å². The molecule has 0 spiro atoms. The van der Waals surface area contributed by atoms with Crippen molar-refractivity contribution in [3.05, 3.63) is 71.0 Å². The minimum absolute atomic E-state index is 0.263. The second-order valence-electron chi connectivity index (χ2n) is 6.63. The Hall–Kier alpha value is -0.430. The third-order valence-corrected chi connectivity index (χ3v) is 7.09. The third-order valence-electron chi connectivity index (χ3n) is 4.27. The van der Waals surface area contributed by atoms with Gasteiger partial charge in [0.15, 0.2) is 5.75 Å². The van der Waals surface area contributed by atoms with Gasteiger partial charge < -0.3 is 4.74 Å². The van der Waals surface area contributed by atoms with Crippen LogP contribution in [0.4, 0.5) is 0 Å². The molecule has 2 rings (SSSR count). The van der Waals surface area contributed by atoms with E-state index in [1.165, 1.54) is 0 Å². The van der Waals surface area contributed by atoms with Crippen molar-refractivity contribution in [3.8, 4) is 5.75 Å². The topological polar surface area (TPSA) is 26.3 Å². The lowest BCUT2D eigenvalue weighted by atomic mass is 9.78. The van der Waals surface area contributed by atoms with Crippen molar-refractivity contribution in [2.75, 3.05) is 0 Å². The van der Waals surface area contributed by atoms with Gasteiger partial charge in [-0.15, -0.1) is 0 Å². The minimum Gasteiger partial charge on any atom is -0.421 e. The van der Waals surface area contributed by atoms with E-state index in [0.717, 1.165) is 25.6 Å². The summed E-state index contributed by atoms with van der Waals surface area (Å²) < 4.78 is 8.94. The number of hydrogen-bond donors (Lipinski definition) is 0. The van der Waals surface area contributed by atoms with E-state index in [0.29, 0.717) is 20.3 Å². The number of ether oxygens (including phenoxy) is 1. The van der Waals surface area contributed by atoms with E-state index in [-0.39, 0.29) is 5.41 Å². The zero-order valence-electron chi connectivity index (χ0n) is 14.8. The van der Waals surface area contributed by atoms with E-state index in [1.54, 1.807) is 6.92 Å². The van der Waals surface area contributed by atoms with Crippen LogP contribution in [0, 0.1) is 6.92 Å². The van der Waals surface area contributed by atoms with Crippen molar-refractivity contribution in [1.29, 1.82) is 0 Å². The van der Waals surface area contributed by atoms with Crippen molar-refractivity contribution in [1.82, 2.24) is 0 Å². The van der Waals surface area contributed by atoms with Crippen molar-refractivity contribution >= 4 is 69.7 Å².